The fraction of sp³-hybridized carbons (Fsp3) is 0.355. The van der Waals surface area contributed by atoms with E-state index in [4.69, 9.17) is 19.2 Å². The first-order chi connectivity index (χ1) is 18.5. The van der Waals surface area contributed by atoms with E-state index in [1.165, 1.54) is 11.1 Å². The number of nitrogens with zero attached hydrogens (tertiary/aromatic N) is 3. The summed E-state index contributed by atoms with van der Waals surface area (Å²) in [5.41, 5.74) is 5.31. The molecular weight excluding hydrogens is 478 g/mol. The summed E-state index contributed by atoms with van der Waals surface area (Å²) in [5.74, 6) is 3.83. The van der Waals surface area contributed by atoms with Crippen LogP contribution in [0.15, 0.2) is 60.7 Å². The molecule has 0 radical (unpaired) electrons. The van der Waals surface area contributed by atoms with Crippen molar-refractivity contribution in [3.05, 3.63) is 77.6 Å². The number of anilines is 1. The van der Waals surface area contributed by atoms with Gasteiger partial charge in [0.2, 0.25) is 12.7 Å². The lowest BCUT2D eigenvalue weighted by Gasteiger charge is -2.18. The summed E-state index contributed by atoms with van der Waals surface area (Å²) >= 11 is 0. The van der Waals surface area contributed by atoms with E-state index >= 15 is 0 Å². The number of imidazole rings is 1. The van der Waals surface area contributed by atoms with Crippen LogP contribution >= 0.6 is 0 Å². The van der Waals surface area contributed by atoms with Gasteiger partial charge in [0.25, 0.3) is 0 Å². The van der Waals surface area contributed by atoms with E-state index in [2.05, 4.69) is 49.6 Å². The SMILES string of the molecule is Cc1ccc(C(C)C)c(OCCCn2c(C3CC(=O)N(c4ccc5c(c4)OCO5)C3)nc3ccccc32)c1. The minimum atomic E-state index is 0.00515. The van der Waals surface area contributed by atoms with Gasteiger partial charge in [-0.15, -0.1) is 0 Å². The van der Waals surface area contributed by atoms with Gasteiger partial charge in [-0.2, -0.15) is 0 Å². The second-order valence-electron chi connectivity index (χ2n) is 10.5. The molecule has 1 amide bonds. The van der Waals surface area contributed by atoms with Gasteiger partial charge in [0.15, 0.2) is 11.5 Å². The van der Waals surface area contributed by atoms with Crippen LogP contribution in [0.4, 0.5) is 5.69 Å². The summed E-state index contributed by atoms with van der Waals surface area (Å²) in [5, 5.41) is 0. The second kappa shape index (κ2) is 10.0. The highest BCUT2D eigenvalue weighted by molar-refractivity contribution is 5.97. The normalized spacial score (nSPS) is 16.7. The average Bonchev–Trinajstić information content (AvgIpc) is 3.62. The number of aryl methyl sites for hydroxylation is 2. The van der Waals surface area contributed by atoms with Crippen molar-refractivity contribution in [3.63, 3.8) is 0 Å². The maximum atomic E-state index is 13.1. The largest absolute Gasteiger partial charge is 0.493 e. The van der Waals surface area contributed by atoms with Gasteiger partial charge in [0.05, 0.1) is 17.6 Å². The molecule has 6 rings (SSSR count). The van der Waals surface area contributed by atoms with E-state index in [0.717, 1.165) is 41.3 Å². The Kier molecular flexibility index (Phi) is 6.44. The lowest BCUT2D eigenvalue weighted by Crippen LogP contribution is -2.24. The quantitative estimate of drug-likeness (QED) is 0.264. The third kappa shape index (κ3) is 4.57. The van der Waals surface area contributed by atoms with E-state index < -0.39 is 0 Å². The van der Waals surface area contributed by atoms with Gasteiger partial charge in [-0.25, -0.2) is 4.98 Å². The lowest BCUT2D eigenvalue weighted by molar-refractivity contribution is -0.117. The number of aromatic nitrogens is 2. The van der Waals surface area contributed by atoms with Crippen molar-refractivity contribution in [2.45, 2.75) is 52.0 Å². The van der Waals surface area contributed by atoms with Crippen molar-refractivity contribution >= 4 is 22.6 Å². The highest BCUT2D eigenvalue weighted by atomic mass is 16.7. The van der Waals surface area contributed by atoms with Crippen LogP contribution in [0, 0.1) is 6.92 Å². The number of ether oxygens (including phenoxy) is 3. The fourth-order valence-electron chi connectivity index (χ4n) is 5.47. The van der Waals surface area contributed by atoms with Gasteiger partial charge in [0.1, 0.15) is 11.6 Å². The van der Waals surface area contributed by atoms with Crippen LogP contribution in [0.5, 0.6) is 17.2 Å². The second-order valence-corrected chi connectivity index (χ2v) is 10.5. The number of amides is 1. The Labute approximate surface area is 222 Å². The average molecular weight is 512 g/mol. The first-order valence-corrected chi connectivity index (χ1v) is 13.4. The summed E-state index contributed by atoms with van der Waals surface area (Å²) in [4.78, 5) is 20.0. The molecule has 1 atom stereocenters. The van der Waals surface area contributed by atoms with E-state index in [0.29, 0.717) is 37.0 Å². The van der Waals surface area contributed by atoms with Crippen LogP contribution in [0.2, 0.25) is 0 Å². The Bertz CT molecular complexity index is 1490. The number of hydrogen-bond donors (Lipinski definition) is 0. The van der Waals surface area contributed by atoms with Crippen molar-refractivity contribution in [1.82, 2.24) is 9.55 Å². The van der Waals surface area contributed by atoms with Crippen molar-refractivity contribution in [2.75, 3.05) is 24.8 Å². The van der Waals surface area contributed by atoms with Crippen LogP contribution in [0.3, 0.4) is 0 Å². The molecule has 196 valence electrons. The van der Waals surface area contributed by atoms with Crippen molar-refractivity contribution in [1.29, 1.82) is 0 Å². The molecule has 7 heteroatoms. The molecule has 4 aromatic rings. The molecule has 3 heterocycles. The summed E-state index contributed by atoms with van der Waals surface area (Å²) < 4.78 is 19.5. The Balaban J connectivity index is 1.20. The highest BCUT2D eigenvalue weighted by Crippen LogP contribution is 2.39. The zero-order valence-electron chi connectivity index (χ0n) is 22.1. The molecule has 0 saturated carbocycles. The smallest absolute Gasteiger partial charge is 0.231 e. The number of fused-ring (bicyclic) bond motifs is 2. The van der Waals surface area contributed by atoms with E-state index in [-0.39, 0.29) is 18.6 Å². The van der Waals surface area contributed by atoms with Crippen molar-refractivity contribution in [2.24, 2.45) is 0 Å². The van der Waals surface area contributed by atoms with Gasteiger partial charge >= 0.3 is 0 Å². The maximum Gasteiger partial charge on any atom is 0.231 e. The summed E-state index contributed by atoms with van der Waals surface area (Å²) in [6, 6.07) is 20.3. The van der Waals surface area contributed by atoms with E-state index in [9.17, 15) is 4.79 Å². The lowest BCUT2D eigenvalue weighted by atomic mass is 10.0. The highest BCUT2D eigenvalue weighted by Gasteiger charge is 2.35. The van der Waals surface area contributed by atoms with E-state index in [1.807, 2.05) is 41.3 Å². The molecule has 38 heavy (non-hydrogen) atoms. The molecular formula is C31H33N3O4. The summed E-state index contributed by atoms with van der Waals surface area (Å²) in [6.45, 7) is 8.66. The molecule has 0 spiro atoms. The molecule has 7 nitrogen and oxygen atoms in total. The van der Waals surface area contributed by atoms with Crippen LogP contribution < -0.4 is 19.1 Å². The first-order valence-electron chi connectivity index (χ1n) is 13.4. The summed E-state index contributed by atoms with van der Waals surface area (Å²) in [6.07, 6.45) is 1.26. The monoisotopic (exact) mass is 511 g/mol. The third-order valence-corrected chi connectivity index (χ3v) is 7.42. The molecule has 3 aromatic carbocycles. The number of hydrogen-bond acceptors (Lipinski definition) is 5. The Hall–Kier alpha value is -4.00. The maximum absolute atomic E-state index is 13.1. The van der Waals surface area contributed by atoms with Gasteiger partial charge in [-0.1, -0.05) is 38.1 Å². The Morgan fingerprint density at radius 3 is 2.76 bits per heavy atom. The predicted molar refractivity (Wildman–Crippen MR) is 147 cm³/mol. The van der Waals surface area contributed by atoms with Crippen molar-refractivity contribution < 1.29 is 19.0 Å². The molecule has 1 unspecified atom stereocenters. The predicted octanol–water partition coefficient (Wildman–Crippen LogP) is 6.19. The first kappa shape index (κ1) is 24.3. The van der Waals surface area contributed by atoms with Gasteiger partial charge < -0.3 is 23.7 Å². The van der Waals surface area contributed by atoms with Crippen LogP contribution in [0.1, 0.15) is 55.5 Å². The molecule has 0 bridgehead atoms. The molecule has 0 N–H and O–H groups in total. The van der Waals surface area contributed by atoms with Gasteiger partial charge in [-0.05, 0) is 60.7 Å². The molecule has 2 aliphatic heterocycles. The molecule has 0 aliphatic carbocycles. The standard InChI is InChI=1S/C31H33N3O4/c1-20(2)24-11-9-21(3)15-28(24)36-14-6-13-33-26-8-5-4-7-25(26)32-31(33)22-16-30(35)34(18-22)23-10-12-27-29(17-23)38-19-37-27/h4-5,7-12,15,17,20,22H,6,13-14,16,18-19H2,1-3H3. The molecule has 2 aliphatic rings. The van der Waals surface area contributed by atoms with E-state index in [1.54, 1.807) is 0 Å². The molecule has 1 aromatic heterocycles. The number of rotatable bonds is 8. The Morgan fingerprint density at radius 2 is 1.89 bits per heavy atom. The van der Waals surface area contributed by atoms with Crippen LogP contribution in [0.25, 0.3) is 11.0 Å². The van der Waals surface area contributed by atoms with Crippen molar-refractivity contribution in [3.8, 4) is 17.2 Å². The summed E-state index contributed by atoms with van der Waals surface area (Å²) in [7, 11) is 0. The van der Waals surface area contributed by atoms with Crippen LogP contribution in [-0.2, 0) is 11.3 Å². The number of benzene rings is 3. The number of carbonyl (C=O) groups excluding carboxylic acids is 1. The fourth-order valence-corrected chi connectivity index (χ4v) is 5.47. The third-order valence-electron chi connectivity index (χ3n) is 7.42. The number of carbonyl (C=O) groups is 1. The van der Waals surface area contributed by atoms with Gasteiger partial charge in [0, 0.05) is 37.2 Å². The Morgan fingerprint density at radius 1 is 1.05 bits per heavy atom. The van der Waals surface area contributed by atoms with Gasteiger partial charge in [-0.3, -0.25) is 4.79 Å². The zero-order chi connectivity index (χ0) is 26.2. The minimum absolute atomic E-state index is 0.00515. The zero-order valence-corrected chi connectivity index (χ0v) is 22.1. The van der Waals surface area contributed by atoms with Crippen LogP contribution in [-0.4, -0.2) is 35.4 Å². The molecule has 1 saturated heterocycles. The molecule has 1 fully saturated rings. The minimum Gasteiger partial charge on any atom is -0.493 e. The topological polar surface area (TPSA) is 65.8 Å². The number of para-hydroxylation sites is 2.